The molecule has 10 heteroatoms. The van der Waals surface area contributed by atoms with Crippen molar-refractivity contribution >= 4 is 36.6 Å². The third kappa shape index (κ3) is 8.06. The number of amides is 2. The molecule has 2 rings (SSSR count). The zero-order valence-electron chi connectivity index (χ0n) is 14.6. The first-order chi connectivity index (χ1) is 11.1. The number of carbonyl (C=O) groups is 2. The number of hydrogen-bond acceptors (Lipinski definition) is 6. The van der Waals surface area contributed by atoms with Crippen molar-refractivity contribution in [1.82, 2.24) is 15.1 Å². The van der Waals surface area contributed by atoms with Crippen LogP contribution in [0.4, 0.5) is 0 Å². The van der Waals surface area contributed by atoms with Gasteiger partial charge in [0.15, 0.2) is 0 Å². The lowest BCUT2D eigenvalue weighted by Gasteiger charge is -2.28. The summed E-state index contributed by atoms with van der Waals surface area (Å²) in [5.41, 5.74) is 5.51. The second-order valence-corrected chi connectivity index (χ2v) is 6.06. The van der Waals surface area contributed by atoms with E-state index in [0.29, 0.717) is 26.1 Å². The molecule has 3 N–H and O–H groups in total. The summed E-state index contributed by atoms with van der Waals surface area (Å²) in [5, 5.41) is 2.91. The van der Waals surface area contributed by atoms with Gasteiger partial charge in [-0.25, -0.2) is 0 Å². The fourth-order valence-corrected chi connectivity index (χ4v) is 2.93. The topological polar surface area (TPSA) is 97.1 Å². The number of rotatable bonds is 8. The van der Waals surface area contributed by atoms with Gasteiger partial charge in [-0.15, -0.1) is 24.8 Å². The highest BCUT2D eigenvalue weighted by Crippen LogP contribution is 2.12. The van der Waals surface area contributed by atoms with Crippen LogP contribution in [0.25, 0.3) is 0 Å². The van der Waals surface area contributed by atoms with E-state index in [1.54, 1.807) is 0 Å². The average molecular weight is 401 g/mol. The fraction of sp³-hybridized carbons (Fsp3) is 0.867. The van der Waals surface area contributed by atoms with Gasteiger partial charge in [-0.1, -0.05) is 0 Å². The predicted octanol–water partition coefficient (Wildman–Crippen LogP) is -0.757. The molecule has 0 aliphatic carbocycles. The summed E-state index contributed by atoms with van der Waals surface area (Å²) >= 11 is 0. The molecule has 25 heavy (non-hydrogen) atoms. The van der Waals surface area contributed by atoms with Crippen molar-refractivity contribution in [3.63, 3.8) is 0 Å². The van der Waals surface area contributed by atoms with Gasteiger partial charge in [-0.2, -0.15) is 0 Å². The SMILES string of the molecule is COC(CN)CC(=O)NC1CC(=O)N(CCN2CCOCC2)C1.Cl.Cl. The maximum absolute atomic E-state index is 12.1. The van der Waals surface area contributed by atoms with Crippen LogP contribution in [0.15, 0.2) is 0 Å². The Morgan fingerprint density at radius 3 is 2.64 bits per heavy atom. The molecule has 2 atom stereocenters. The lowest BCUT2D eigenvalue weighted by atomic mass is 10.2. The van der Waals surface area contributed by atoms with Crippen LogP contribution in [0.5, 0.6) is 0 Å². The number of nitrogens with one attached hydrogen (secondary N) is 1. The van der Waals surface area contributed by atoms with Crippen molar-refractivity contribution in [1.29, 1.82) is 0 Å². The molecule has 2 amide bonds. The molecule has 0 aromatic rings. The Kier molecular flexibility index (Phi) is 12.3. The minimum Gasteiger partial charge on any atom is -0.380 e. The van der Waals surface area contributed by atoms with Crippen molar-refractivity contribution in [3.05, 3.63) is 0 Å². The zero-order valence-corrected chi connectivity index (χ0v) is 16.3. The molecule has 2 saturated heterocycles. The van der Waals surface area contributed by atoms with E-state index in [4.69, 9.17) is 15.2 Å². The second kappa shape index (κ2) is 12.7. The van der Waals surface area contributed by atoms with E-state index in [1.165, 1.54) is 7.11 Å². The van der Waals surface area contributed by atoms with Crippen molar-refractivity contribution in [3.8, 4) is 0 Å². The van der Waals surface area contributed by atoms with Crippen LogP contribution in [0.2, 0.25) is 0 Å². The first-order valence-electron chi connectivity index (χ1n) is 8.22. The first kappa shape index (κ1) is 24.4. The highest BCUT2D eigenvalue weighted by atomic mass is 35.5. The second-order valence-electron chi connectivity index (χ2n) is 6.06. The highest BCUT2D eigenvalue weighted by Gasteiger charge is 2.31. The van der Waals surface area contributed by atoms with Gasteiger partial charge in [0.25, 0.3) is 0 Å². The van der Waals surface area contributed by atoms with E-state index in [0.717, 1.165) is 32.8 Å². The van der Waals surface area contributed by atoms with Gasteiger partial charge in [0.2, 0.25) is 11.8 Å². The highest BCUT2D eigenvalue weighted by molar-refractivity contribution is 5.85. The number of likely N-dealkylation sites (tertiary alicyclic amines) is 1. The zero-order chi connectivity index (χ0) is 16.7. The molecule has 0 aromatic carbocycles. The Balaban J connectivity index is 0.00000288. The molecular formula is C15H30Cl2N4O4. The Morgan fingerprint density at radius 1 is 1.36 bits per heavy atom. The summed E-state index contributed by atoms with van der Waals surface area (Å²) in [7, 11) is 1.54. The molecule has 2 heterocycles. The number of methoxy groups -OCH3 is 1. The van der Waals surface area contributed by atoms with Crippen LogP contribution in [-0.4, -0.2) is 93.4 Å². The fourth-order valence-electron chi connectivity index (χ4n) is 2.93. The molecule has 8 nitrogen and oxygen atoms in total. The van der Waals surface area contributed by atoms with E-state index < -0.39 is 0 Å². The lowest BCUT2D eigenvalue weighted by Crippen LogP contribution is -2.43. The van der Waals surface area contributed by atoms with Gasteiger partial charge in [-0.3, -0.25) is 14.5 Å². The van der Waals surface area contributed by atoms with Crippen LogP contribution in [0, 0.1) is 0 Å². The van der Waals surface area contributed by atoms with E-state index in [1.807, 2.05) is 4.90 Å². The summed E-state index contributed by atoms with van der Waals surface area (Å²) < 4.78 is 10.4. The van der Waals surface area contributed by atoms with Crippen molar-refractivity contribution in [2.75, 3.05) is 59.6 Å². The molecule has 2 aliphatic rings. The lowest BCUT2D eigenvalue weighted by molar-refractivity contribution is -0.128. The monoisotopic (exact) mass is 400 g/mol. The van der Waals surface area contributed by atoms with Gasteiger partial charge in [0.1, 0.15) is 0 Å². The molecule has 0 saturated carbocycles. The number of nitrogens with two attached hydrogens (primary N) is 1. The van der Waals surface area contributed by atoms with Gasteiger partial charge in [0, 0.05) is 52.8 Å². The number of halogens is 2. The van der Waals surface area contributed by atoms with E-state index in [-0.39, 0.29) is 55.2 Å². The van der Waals surface area contributed by atoms with E-state index in [2.05, 4.69) is 10.2 Å². The molecule has 0 radical (unpaired) electrons. The summed E-state index contributed by atoms with van der Waals surface area (Å²) in [6, 6.07) is -0.116. The minimum absolute atomic E-state index is 0. The van der Waals surface area contributed by atoms with E-state index in [9.17, 15) is 9.59 Å². The Bertz CT molecular complexity index is 407. The molecule has 0 aromatic heterocycles. The predicted molar refractivity (Wildman–Crippen MR) is 99.4 cm³/mol. The Morgan fingerprint density at radius 2 is 2.04 bits per heavy atom. The maximum Gasteiger partial charge on any atom is 0.224 e. The van der Waals surface area contributed by atoms with Crippen LogP contribution >= 0.6 is 24.8 Å². The maximum atomic E-state index is 12.1. The third-order valence-corrected chi connectivity index (χ3v) is 4.38. The van der Waals surface area contributed by atoms with E-state index >= 15 is 0 Å². The summed E-state index contributed by atoms with van der Waals surface area (Å²) in [5.74, 6) is -0.0131. The standard InChI is InChI=1S/C15H28N4O4.2ClH/c1-22-13(10-16)9-14(20)17-12-8-15(21)19(11-12)3-2-18-4-6-23-7-5-18;;/h12-13H,2-11,16H2,1H3,(H,17,20);2*1H. The molecule has 0 spiro atoms. The molecule has 2 unspecified atom stereocenters. The number of morpholine rings is 1. The molecule has 2 fully saturated rings. The van der Waals surface area contributed by atoms with Crippen LogP contribution in [0.1, 0.15) is 12.8 Å². The Labute approximate surface area is 161 Å². The molecule has 2 aliphatic heterocycles. The van der Waals surface area contributed by atoms with Gasteiger partial charge in [-0.05, 0) is 0 Å². The summed E-state index contributed by atoms with van der Waals surface area (Å²) in [6.45, 7) is 5.79. The van der Waals surface area contributed by atoms with Gasteiger partial charge in [0.05, 0.1) is 31.8 Å². The minimum atomic E-state index is -0.274. The van der Waals surface area contributed by atoms with Crippen LogP contribution in [-0.2, 0) is 19.1 Å². The largest absolute Gasteiger partial charge is 0.380 e. The smallest absolute Gasteiger partial charge is 0.224 e. The number of hydrogen-bond donors (Lipinski definition) is 2. The van der Waals surface area contributed by atoms with Crippen molar-refractivity contribution < 1.29 is 19.1 Å². The number of carbonyl (C=O) groups excluding carboxylic acids is 2. The number of ether oxygens (including phenoxy) is 2. The van der Waals surface area contributed by atoms with Gasteiger partial charge < -0.3 is 25.4 Å². The molecular weight excluding hydrogens is 371 g/mol. The first-order valence-corrected chi connectivity index (χ1v) is 8.22. The molecule has 148 valence electrons. The average Bonchev–Trinajstić information content (AvgIpc) is 2.91. The summed E-state index contributed by atoms with van der Waals surface area (Å²) in [6.07, 6.45) is 0.324. The van der Waals surface area contributed by atoms with Crippen molar-refractivity contribution in [2.24, 2.45) is 5.73 Å². The normalized spacial score (nSPS) is 22.1. The quantitative estimate of drug-likeness (QED) is 0.555. The third-order valence-electron chi connectivity index (χ3n) is 4.38. The van der Waals surface area contributed by atoms with Crippen LogP contribution < -0.4 is 11.1 Å². The number of nitrogens with zero attached hydrogens (tertiary/aromatic N) is 2. The van der Waals surface area contributed by atoms with Crippen LogP contribution in [0.3, 0.4) is 0 Å². The Hall–Kier alpha value is -0.640. The summed E-state index contributed by atoms with van der Waals surface area (Å²) in [4.78, 5) is 28.1. The van der Waals surface area contributed by atoms with Crippen molar-refractivity contribution in [2.45, 2.75) is 25.0 Å². The molecule has 0 bridgehead atoms. The van der Waals surface area contributed by atoms with Gasteiger partial charge >= 0.3 is 0 Å².